The van der Waals surface area contributed by atoms with Gasteiger partial charge in [-0.25, -0.2) is 4.79 Å². The molecule has 7 nitrogen and oxygen atoms in total. The number of carbonyl (C=O) groups is 3. The van der Waals surface area contributed by atoms with Crippen molar-refractivity contribution in [3.05, 3.63) is 0 Å². The van der Waals surface area contributed by atoms with Crippen molar-refractivity contribution in [2.45, 2.75) is 51.7 Å². The Balaban J connectivity index is 1.85. The highest BCUT2D eigenvalue weighted by Crippen LogP contribution is 2.46. The van der Waals surface area contributed by atoms with Gasteiger partial charge in [0.1, 0.15) is 11.0 Å². The summed E-state index contributed by atoms with van der Waals surface area (Å²) in [5, 5.41) is 11.8. The summed E-state index contributed by atoms with van der Waals surface area (Å²) in [6, 6.07) is -0.207. The van der Waals surface area contributed by atoms with E-state index >= 15 is 0 Å². The van der Waals surface area contributed by atoms with E-state index < -0.39 is 29.0 Å². The predicted molar refractivity (Wildman–Crippen MR) is 73.7 cm³/mol. The highest BCUT2D eigenvalue weighted by Gasteiger charge is 2.57. The van der Waals surface area contributed by atoms with Crippen LogP contribution in [0.15, 0.2) is 0 Å². The van der Waals surface area contributed by atoms with E-state index in [0.29, 0.717) is 32.4 Å². The van der Waals surface area contributed by atoms with E-state index in [-0.39, 0.29) is 6.04 Å². The van der Waals surface area contributed by atoms with Gasteiger partial charge >= 0.3 is 12.1 Å². The molecule has 0 aromatic rings. The number of nitrogens with one attached hydrogen (secondary N) is 1. The number of aliphatic carboxylic acids is 1. The Morgan fingerprint density at radius 2 is 1.90 bits per heavy atom. The van der Waals surface area contributed by atoms with E-state index in [1.54, 1.807) is 20.8 Å². The normalized spacial score (nSPS) is 23.6. The number of carboxylic acids is 1. The van der Waals surface area contributed by atoms with Crippen molar-refractivity contribution < 1.29 is 24.2 Å². The molecule has 21 heavy (non-hydrogen) atoms. The van der Waals surface area contributed by atoms with Crippen LogP contribution in [0.2, 0.25) is 0 Å². The molecule has 2 fully saturated rings. The van der Waals surface area contributed by atoms with Crippen molar-refractivity contribution in [3.63, 3.8) is 0 Å². The second kappa shape index (κ2) is 5.20. The molecule has 0 bridgehead atoms. The third kappa shape index (κ3) is 3.46. The van der Waals surface area contributed by atoms with Crippen molar-refractivity contribution in [2.24, 2.45) is 5.41 Å². The van der Waals surface area contributed by atoms with Gasteiger partial charge in [0.25, 0.3) is 0 Å². The Hall–Kier alpha value is -1.79. The molecular formula is C14H22N2O5. The number of carbonyl (C=O) groups excluding carboxylic acids is 2. The first-order valence-electron chi connectivity index (χ1n) is 7.16. The number of amides is 2. The standard InChI is InChI=1S/C14H22N2O5/c1-13(2,3)21-12(20)16-7-4-9(8-16)15-10(17)14(5-6-14)11(18)19/h9H,4-8H2,1-3H3,(H,15,17)(H,18,19). The second-order valence-corrected chi connectivity index (χ2v) is 6.77. The van der Waals surface area contributed by atoms with Crippen LogP contribution in [0.1, 0.15) is 40.0 Å². The maximum Gasteiger partial charge on any atom is 0.410 e. The molecule has 118 valence electrons. The van der Waals surface area contributed by atoms with E-state index in [9.17, 15) is 14.4 Å². The van der Waals surface area contributed by atoms with Crippen LogP contribution in [0.25, 0.3) is 0 Å². The number of hydrogen-bond donors (Lipinski definition) is 2. The fraction of sp³-hybridized carbons (Fsp3) is 0.786. The third-order valence-electron chi connectivity index (χ3n) is 3.77. The molecule has 1 unspecified atom stereocenters. The van der Waals surface area contributed by atoms with Crippen LogP contribution in [-0.4, -0.2) is 52.7 Å². The number of carboxylic acid groups (broad SMARTS) is 1. The molecule has 0 radical (unpaired) electrons. The minimum absolute atomic E-state index is 0.207. The van der Waals surface area contributed by atoms with Gasteiger partial charge in [-0.05, 0) is 40.0 Å². The van der Waals surface area contributed by atoms with Crippen molar-refractivity contribution in [3.8, 4) is 0 Å². The lowest BCUT2D eigenvalue weighted by Crippen LogP contribution is -2.44. The van der Waals surface area contributed by atoms with Gasteiger partial charge < -0.3 is 20.1 Å². The van der Waals surface area contributed by atoms with Crippen LogP contribution in [0, 0.1) is 5.41 Å². The summed E-state index contributed by atoms with van der Waals surface area (Å²) < 4.78 is 5.27. The molecule has 2 N–H and O–H groups in total. The molecule has 1 saturated heterocycles. The highest BCUT2D eigenvalue weighted by molar-refractivity contribution is 6.04. The average Bonchev–Trinajstić information content (AvgIpc) is 3.03. The van der Waals surface area contributed by atoms with Crippen LogP contribution in [0.3, 0.4) is 0 Å². The fourth-order valence-corrected chi connectivity index (χ4v) is 2.36. The second-order valence-electron chi connectivity index (χ2n) is 6.77. The summed E-state index contributed by atoms with van der Waals surface area (Å²) in [4.78, 5) is 36.5. The summed E-state index contributed by atoms with van der Waals surface area (Å²) in [5.74, 6) is -1.51. The Morgan fingerprint density at radius 3 is 2.38 bits per heavy atom. The zero-order valence-corrected chi connectivity index (χ0v) is 12.6. The van der Waals surface area contributed by atoms with Gasteiger partial charge in [0.15, 0.2) is 0 Å². The lowest BCUT2D eigenvalue weighted by Gasteiger charge is -2.24. The smallest absolute Gasteiger partial charge is 0.410 e. The van der Waals surface area contributed by atoms with Gasteiger partial charge in [-0.15, -0.1) is 0 Å². The van der Waals surface area contributed by atoms with Gasteiger partial charge in [-0.2, -0.15) is 0 Å². The molecule has 2 amide bonds. The molecule has 7 heteroatoms. The molecule has 1 atom stereocenters. The molecule has 0 aromatic carbocycles. The monoisotopic (exact) mass is 298 g/mol. The van der Waals surface area contributed by atoms with E-state index in [4.69, 9.17) is 9.84 Å². The first kappa shape index (κ1) is 15.6. The quantitative estimate of drug-likeness (QED) is 0.757. The number of nitrogens with zero attached hydrogens (tertiary/aromatic N) is 1. The number of rotatable bonds is 3. The number of ether oxygens (including phenoxy) is 1. The van der Waals surface area contributed by atoms with E-state index in [1.807, 2.05) is 0 Å². The zero-order chi connectivity index (χ0) is 15.8. The summed E-state index contributed by atoms with van der Waals surface area (Å²) in [7, 11) is 0. The van der Waals surface area contributed by atoms with E-state index in [2.05, 4.69) is 5.32 Å². The van der Waals surface area contributed by atoms with Crippen molar-refractivity contribution >= 4 is 18.0 Å². The predicted octanol–water partition coefficient (Wildman–Crippen LogP) is 0.977. The van der Waals surface area contributed by atoms with Gasteiger partial charge in [0, 0.05) is 19.1 Å². The van der Waals surface area contributed by atoms with E-state index in [0.717, 1.165) is 0 Å². The van der Waals surface area contributed by atoms with E-state index in [1.165, 1.54) is 4.90 Å². The van der Waals surface area contributed by atoms with Crippen LogP contribution >= 0.6 is 0 Å². The summed E-state index contributed by atoms with van der Waals surface area (Å²) >= 11 is 0. The first-order valence-corrected chi connectivity index (χ1v) is 7.16. The van der Waals surface area contributed by atoms with Crippen molar-refractivity contribution in [2.75, 3.05) is 13.1 Å². The summed E-state index contributed by atoms with van der Waals surface area (Å²) in [6.45, 7) is 6.24. The molecule has 2 rings (SSSR count). The Bertz CT molecular complexity index is 464. The number of hydrogen-bond acceptors (Lipinski definition) is 4. The summed E-state index contributed by atoms with van der Waals surface area (Å²) in [6.07, 6.45) is 0.979. The molecule has 0 aromatic heterocycles. The summed E-state index contributed by atoms with van der Waals surface area (Å²) in [5.41, 5.74) is -1.79. The highest BCUT2D eigenvalue weighted by atomic mass is 16.6. The molecule has 1 heterocycles. The van der Waals surface area contributed by atoms with Gasteiger partial charge in [-0.1, -0.05) is 0 Å². The molecule has 1 aliphatic carbocycles. The van der Waals surface area contributed by atoms with Crippen LogP contribution < -0.4 is 5.32 Å². The van der Waals surface area contributed by atoms with Gasteiger partial charge in [0.05, 0.1) is 0 Å². The maximum absolute atomic E-state index is 12.0. The van der Waals surface area contributed by atoms with Crippen molar-refractivity contribution in [1.29, 1.82) is 0 Å². The van der Waals surface area contributed by atoms with Crippen LogP contribution in [-0.2, 0) is 14.3 Å². The third-order valence-corrected chi connectivity index (χ3v) is 3.77. The Labute approximate surface area is 123 Å². The molecule has 1 aliphatic heterocycles. The molecular weight excluding hydrogens is 276 g/mol. The number of likely N-dealkylation sites (tertiary alicyclic amines) is 1. The molecule has 0 spiro atoms. The lowest BCUT2D eigenvalue weighted by atomic mass is 10.1. The molecule has 1 saturated carbocycles. The first-order chi connectivity index (χ1) is 9.64. The largest absolute Gasteiger partial charge is 0.480 e. The fourth-order valence-electron chi connectivity index (χ4n) is 2.36. The average molecular weight is 298 g/mol. The van der Waals surface area contributed by atoms with Crippen molar-refractivity contribution in [1.82, 2.24) is 10.2 Å². The van der Waals surface area contributed by atoms with Crippen LogP contribution in [0.5, 0.6) is 0 Å². The minimum Gasteiger partial charge on any atom is -0.480 e. The van der Waals surface area contributed by atoms with Gasteiger partial charge in [0.2, 0.25) is 5.91 Å². The lowest BCUT2D eigenvalue weighted by molar-refractivity contribution is -0.149. The topological polar surface area (TPSA) is 95.9 Å². The Morgan fingerprint density at radius 1 is 1.29 bits per heavy atom. The zero-order valence-electron chi connectivity index (χ0n) is 12.6. The Kier molecular flexibility index (Phi) is 3.86. The minimum atomic E-state index is -1.24. The van der Waals surface area contributed by atoms with Gasteiger partial charge in [-0.3, -0.25) is 9.59 Å². The molecule has 2 aliphatic rings. The van der Waals surface area contributed by atoms with Crippen LogP contribution in [0.4, 0.5) is 4.79 Å². The SMILES string of the molecule is CC(C)(C)OC(=O)N1CCC(NC(=O)C2(C(=O)O)CC2)C1. The maximum atomic E-state index is 12.0.